The minimum absolute atomic E-state index is 0.193. The lowest BCUT2D eigenvalue weighted by Gasteiger charge is -2.23. The monoisotopic (exact) mass is 352 g/mol. The van der Waals surface area contributed by atoms with Crippen LogP contribution in [0.4, 0.5) is 4.79 Å². The fourth-order valence-corrected chi connectivity index (χ4v) is 2.00. The molecule has 0 radical (unpaired) electrons. The number of rotatable bonds is 6. The van der Waals surface area contributed by atoms with Crippen molar-refractivity contribution in [3.63, 3.8) is 0 Å². The molecule has 0 saturated heterocycles. The standard InChI is InChI=1S/C18H28N2O5/c1-12(15(21)19-13(2)16(22)25-18(3,4)5)20-17(23)24-11-14-9-7-6-8-10-14/h6-7,9,12-13H,8,10-11H2,1-5H3,(H,19,21)(H,20,23)/t12-,13-/m0/s1. The van der Waals surface area contributed by atoms with E-state index in [1.807, 2.05) is 18.2 Å². The number of esters is 1. The summed E-state index contributed by atoms with van der Waals surface area (Å²) >= 11 is 0. The van der Waals surface area contributed by atoms with Crippen LogP contribution in [0.5, 0.6) is 0 Å². The van der Waals surface area contributed by atoms with Crippen molar-refractivity contribution in [3.8, 4) is 0 Å². The first-order valence-corrected chi connectivity index (χ1v) is 8.39. The molecule has 7 heteroatoms. The van der Waals surface area contributed by atoms with Crippen LogP contribution in [0, 0.1) is 0 Å². The number of alkyl carbamates (subject to hydrolysis) is 1. The van der Waals surface area contributed by atoms with E-state index in [0.29, 0.717) is 0 Å². The molecule has 0 spiro atoms. The highest BCUT2D eigenvalue weighted by molar-refractivity contribution is 5.89. The van der Waals surface area contributed by atoms with E-state index in [1.165, 1.54) is 13.8 Å². The van der Waals surface area contributed by atoms with Gasteiger partial charge in [0.25, 0.3) is 0 Å². The summed E-state index contributed by atoms with van der Waals surface area (Å²) < 4.78 is 10.3. The molecule has 0 saturated carbocycles. The third-order valence-electron chi connectivity index (χ3n) is 3.34. The van der Waals surface area contributed by atoms with Gasteiger partial charge in [0, 0.05) is 0 Å². The average Bonchev–Trinajstić information content (AvgIpc) is 2.52. The minimum Gasteiger partial charge on any atom is -0.458 e. The third-order valence-corrected chi connectivity index (χ3v) is 3.34. The van der Waals surface area contributed by atoms with Crippen LogP contribution in [0.15, 0.2) is 23.8 Å². The van der Waals surface area contributed by atoms with Gasteiger partial charge in [-0.2, -0.15) is 0 Å². The summed E-state index contributed by atoms with van der Waals surface area (Å²) in [4.78, 5) is 35.7. The number of nitrogens with one attached hydrogen (secondary N) is 2. The molecule has 0 heterocycles. The van der Waals surface area contributed by atoms with E-state index in [2.05, 4.69) is 10.6 Å². The summed E-state index contributed by atoms with van der Waals surface area (Å²) in [6, 6.07) is -1.65. The Morgan fingerprint density at radius 2 is 1.84 bits per heavy atom. The molecule has 2 N–H and O–H groups in total. The number of carbonyl (C=O) groups excluding carboxylic acids is 3. The first-order chi connectivity index (χ1) is 11.6. The Kier molecular flexibility index (Phi) is 7.67. The Bertz CT molecular complexity index is 560. The quantitative estimate of drug-likeness (QED) is 0.715. The normalized spacial score (nSPS) is 16.3. The van der Waals surface area contributed by atoms with E-state index in [9.17, 15) is 14.4 Å². The van der Waals surface area contributed by atoms with Gasteiger partial charge in [0.2, 0.25) is 5.91 Å². The maximum atomic E-state index is 12.1. The van der Waals surface area contributed by atoms with Crippen LogP contribution >= 0.6 is 0 Å². The summed E-state index contributed by atoms with van der Waals surface area (Å²) in [7, 11) is 0. The van der Waals surface area contributed by atoms with E-state index in [4.69, 9.17) is 9.47 Å². The second-order valence-electron chi connectivity index (χ2n) is 7.00. The average molecular weight is 352 g/mol. The molecular weight excluding hydrogens is 324 g/mol. The highest BCUT2D eigenvalue weighted by Gasteiger charge is 2.25. The van der Waals surface area contributed by atoms with Gasteiger partial charge in [-0.15, -0.1) is 0 Å². The van der Waals surface area contributed by atoms with Gasteiger partial charge in [0.1, 0.15) is 24.3 Å². The predicted molar refractivity (Wildman–Crippen MR) is 93.9 cm³/mol. The Labute approximate surface area is 148 Å². The molecule has 0 aromatic carbocycles. The van der Waals surface area contributed by atoms with Crippen LogP contribution < -0.4 is 10.6 Å². The molecule has 0 aliphatic heterocycles. The number of hydrogen-bond acceptors (Lipinski definition) is 5. The smallest absolute Gasteiger partial charge is 0.408 e. The third kappa shape index (κ3) is 8.37. The zero-order chi connectivity index (χ0) is 19.0. The van der Waals surface area contributed by atoms with Crippen molar-refractivity contribution in [1.29, 1.82) is 0 Å². The van der Waals surface area contributed by atoms with Gasteiger partial charge in [-0.3, -0.25) is 4.79 Å². The molecule has 25 heavy (non-hydrogen) atoms. The zero-order valence-corrected chi connectivity index (χ0v) is 15.5. The van der Waals surface area contributed by atoms with Crippen molar-refractivity contribution in [2.45, 2.75) is 65.1 Å². The maximum absolute atomic E-state index is 12.1. The molecule has 0 aromatic rings. The highest BCUT2D eigenvalue weighted by atomic mass is 16.6. The van der Waals surface area contributed by atoms with E-state index < -0.39 is 35.7 Å². The molecule has 2 atom stereocenters. The second kappa shape index (κ2) is 9.25. The van der Waals surface area contributed by atoms with Crippen LogP contribution in [0.3, 0.4) is 0 Å². The number of hydrogen-bond donors (Lipinski definition) is 2. The van der Waals surface area contributed by atoms with Crippen molar-refractivity contribution in [3.05, 3.63) is 23.8 Å². The molecule has 0 aromatic heterocycles. The van der Waals surface area contributed by atoms with E-state index in [0.717, 1.165) is 18.4 Å². The Hall–Kier alpha value is -2.31. The first-order valence-electron chi connectivity index (χ1n) is 8.39. The number of ether oxygens (including phenoxy) is 2. The van der Waals surface area contributed by atoms with E-state index >= 15 is 0 Å². The molecule has 1 aliphatic rings. The number of allylic oxidation sites excluding steroid dienone is 3. The fourth-order valence-electron chi connectivity index (χ4n) is 2.00. The number of amides is 2. The van der Waals surface area contributed by atoms with Gasteiger partial charge in [-0.1, -0.05) is 18.2 Å². The van der Waals surface area contributed by atoms with Crippen LogP contribution in [0.25, 0.3) is 0 Å². The van der Waals surface area contributed by atoms with Gasteiger partial charge < -0.3 is 20.1 Å². The first kappa shape index (κ1) is 20.7. The van der Waals surface area contributed by atoms with Crippen LogP contribution in [-0.4, -0.2) is 42.3 Å². The SMILES string of the molecule is C[C@H](NC(=O)OCC1=CC=CCC1)C(=O)N[C@@H](C)C(=O)OC(C)(C)C. The maximum Gasteiger partial charge on any atom is 0.408 e. The molecule has 0 unspecified atom stereocenters. The molecule has 140 valence electrons. The van der Waals surface area contributed by atoms with Crippen molar-refractivity contribution >= 4 is 18.0 Å². The lowest BCUT2D eigenvalue weighted by atomic mass is 10.1. The summed E-state index contributed by atoms with van der Waals surface area (Å²) in [6.07, 6.45) is 6.99. The summed E-state index contributed by atoms with van der Waals surface area (Å²) in [6.45, 7) is 8.48. The molecule has 2 amide bonds. The topological polar surface area (TPSA) is 93.7 Å². The summed E-state index contributed by atoms with van der Waals surface area (Å²) in [5.41, 5.74) is 0.389. The van der Waals surface area contributed by atoms with Gasteiger partial charge in [0.05, 0.1) is 0 Å². The van der Waals surface area contributed by atoms with Crippen LogP contribution in [0.1, 0.15) is 47.5 Å². The Morgan fingerprint density at radius 3 is 2.40 bits per heavy atom. The second-order valence-corrected chi connectivity index (χ2v) is 7.00. The Morgan fingerprint density at radius 1 is 1.16 bits per heavy atom. The number of carbonyl (C=O) groups is 3. The van der Waals surface area contributed by atoms with E-state index in [-0.39, 0.29) is 6.61 Å². The van der Waals surface area contributed by atoms with Crippen molar-refractivity contribution in [2.24, 2.45) is 0 Å². The van der Waals surface area contributed by atoms with Crippen molar-refractivity contribution in [2.75, 3.05) is 6.61 Å². The summed E-state index contributed by atoms with van der Waals surface area (Å²) in [5, 5.41) is 4.95. The predicted octanol–water partition coefficient (Wildman–Crippen LogP) is 2.22. The van der Waals surface area contributed by atoms with Crippen LogP contribution in [0.2, 0.25) is 0 Å². The van der Waals surface area contributed by atoms with Gasteiger partial charge in [0.15, 0.2) is 0 Å². The molecule has 1 rings (SSSR count). The van der Waals surface area contributed by atoms with E-state index in [1.54, 1.807) is 20.8 Å². The minimum atomic E-state index is -0.836. The van der Waals surface area contributed by atoms with Gasteiger partial charge in [-0.05, 0) is 53.0 Å². The largest absolute Gasteiger partial charge is 0.458 e. The molecule has 0 fully saturated rings. The van der Waals surface area contributed by atoms with Crippen LogP contribution in [-0.2, 0) is 19.1 Å². The fraction of sp³-hybridized carbons (Fsp3) is 0.611. The zero-order valence-electron chi connectivity index (χ0n) is 15.5. The van der Waals surface area contributed by atoms with Crippen molar-refractivity contribution in [1.82, 2.24) is 10.6 Å². The van der Waals surface area contributed by atoms with Gasteiger partial charge >= 0.3 is 12.1 Å². The Balaban J connectivity index is 2.37. The molecular formula is C18H28N2O5. The summed E-state index contributed by atoms with van der Waals surface area (Å²) in [5.74, 6) is -1.02. The highest BCUT2D eigenvalue weighted by Crippen LogP contribution is 2.11. The van der Waals surface area contributed by atoms with Gasteiger partial charge in [-0.25, -0.2) is 9.59 Å². The molecule has 0 bridgehead atoms. The molecule has 7 nitrogen and oxygen atoms in total. The lowest BCUT2D eigenvalue weighted by molar-refractivity contribution is -0.158. The molecule has 1 aliphatic carbocycles. The lowest BCUT2D eigenvalue weighted by Crippen LogP contribution is -2.50. The van der Waals surface area contributed by atoms with Crippen molar-refractivity contribution < 1.29 is 23.9 Å².